The number of nitrogens with zero attached hydrogens (tertiary/aromatic N) is 4. The molecule has 1 aliphatic heterocycles. The van der Waals surface area contributed by atoms with Gasteiger partial charge in [-0.1, -0.05) is 26.0 Å². The number of urea groups is 1. The Labute approximate surface area is 224 Å². The first kappa shape index (κ1) is 28.9. The Morgan fingerprint density at radius 1 is 1.21 bits per heavy atom. The van der Waals surface area contributed by atoms with Gasteiger partial charge in [-0.2, -0.15) is 0 Å². The molecule has 0 saturated heterocycles. The lowest BCUT2D eigenvalue weighted by atomic mass is 9.99. The molecule has 38 heavy (non-hydrogen) atoms. The van der Waals surface area contributed by atoms with Crippen molar-refractivity contribution < 1.29 is 24.2 Å². The fraction of sp³-hybridized carbons (Fsp3) is 0.500. The van der Waals surface area contributed by atoms with E-state index in [9.17, 15) is 19.5 Å². The standard InChI is InChI=1S/C28H39N5O5/c1-7-12-29-28(37)32(6)16-24-18(2)15-33(19(3)17-34)27(36)23-13-22(14-30-25(23)38-24)20-8-10-21(11-9-20)26(35)31(4)5/h8-11,13-14,18-19,24,34H,7,12,15-17H2,1-6H3,(H,29,37)/t18-,19+,24-/m0/s1. The van der Waals surface area contributed by atoms with Crippen molar-refractivity contribution in [2.24, 2.45) is 5.92 Å². The lowest BCUT2D eigenvalue weighted by molar-refractivity contribution is 0.0352. The highest BCUT2D eigenvalue weighted by Crippen LogP contribution is 2.30. The first-order chi connectivity index (χ1) is 18.1. The van der Waals surface area contributed by atoms with Crippen molar-refractivity contribution in [2.45, 2.75) is 39.3 Å². The molecule has 4 amide bonds. The van der Waals surface area contributed by atoms with E-state index < -0.39 is 12.1 Å². The quantitative estimate of drug-likeness (QED) is 0.548. The number of carbonyl (C=O) groups is 3. The molecule has 2 aromatic rings. The van der Waals surface area contributed by atoms with E-state index in [0.717, 1.165) is 12.0 Å². The highest BCUT2D eigenvalue weighted by atomic mass is 16.5. The predicted molar refractivity (Wildman–Crippen MR) is 145 cm³/mol. The van der Waals surface area contributed by atoms with Gasteiger partial charge in [0.05, 0.1) is 19.2 Å². The molecular weight excluding hydrogens is 486 g/mol. The molecule has 0 radical (unpaired) electrons. The first-order valence-electron chi connectivity index (χ1n) is 13.0. The van der Waals surface area contributed by atoms with Crippen molar-refractivity contribution in [3.8, 4) is 17.0 Å². The number of fused-ring (bicyclic) bond motifs is 1. The number of likely N-dealkylation sites (N-methyl/N-ethyl adjacent to an activating group) is 1. The normalized spacial score (nSPS) is 18.0. The van der Waals surface area contributed by atoms with E-state index in [1.807, 2.05) is 26.0 Å². The molecule has 0 bridgehead atoms. The second kappa shape index (κ2) is 12.7. The van der Waals surface area contributed by atoms with Gasteiger partial charge < -0.3 is 29.9 Å². The molecule has 1 aromatic carbocycles. The van der Waals surface area contributed by atoms with Gasteiger partial charge >= 0.3 is 6.03 Å². The summed E-state index contributed by atoms with van der Waals surface area (Å²) in [4.78, 5) is 47.6. The highest BCUT2D eigenvalue weighted by Gasteiger charge is 2.34. The van der Waals surface area contributed by atoms with Crippen molar-refractivity contribution in [1.82, 2.24) is 25.0 Å². The third-order valence-corrected chi connectivity index (χ3v) is 6.72. The number of ether oxygens (including phenoxy) is 1. The van der Waals surface area contributed by atoms with Crippen LogP contribution >= 0.6 is 0 Å². The Bertz CT molecular complexity index is 1140. The first-order valence-corrected chi connectivity index (χ1v) is 13.0. The van der Waals surface area contributed by atoms with Crippen LogP contribution in [0.4, 0.5) is 4.79 Å². The fourth-order valence-corrected chi connectivity index (χ4v) is 4.26. The molecule has 10 heteroatoms. The van der Waals surface area contributed by atoms with Crippen molar-refractivity contribution >= 4 is 17.8 Å². The van der Waals surface area contributed by atoms with Crippen LogP contribution in [-0.2, 0) is 0 Å². The van der Waals surface area contributed by atoms with E-state index in [-0.39, 0.29) is 41.8 Å². The maximum Gasteiger partial charge on any atom is 0.317 e. The summed E-state index contributed by atoms with van der Waals surface area (Å²) in [6.07, 6.45) is 2.04. The summed E-state index contributed by atoms with van der Waals surface area (Å²) in [5.41, 5.74) is 2.34. The highest BCUT2D eigenvalue weighted by molar-refractivity contribution is 5.98. The summed E-state index contributed by atoms with van der Waals surface area (Å²) in [5, 5.41) is 12.7. The summed E-state index contributed by atoms with van der Waals surface area (Å²) < 4.78 is 6.28. The fourth-order valence-electron chi connectivity index (χ4n) is 4.26. The van der Waals surface area contributed by atoms with Gasteiger partial charge in [0.2, 0.25) is 5.88 Å². The molecule has 0 spiro atoms. The monoisotopic (exact) mass is 525 g/mol. The molecular formula is C28H39N5O5. The van der Waals surface area contributed by atoms with Crippen molar-refractivity contribution in [2.75, 3.05) is 47.4 Å². The number of benzene rings is 1. The van der Waals surface area contributed by atoms with E-state index in [1.165, 1.54) is 4.90 Å². The van der Waals surface area contributed by atoms with E-state index in [1.54, 1.807) is 62.3 Å². The number of carbonyl (C=O) groups excluding carboxylic acids is 3. The second-order valence-corrected chi connectivity index (χ2v) is 10.1. The number of amides is 4. The molecule has 0 saturated carbocycles. The summed E-state index contributed by atoms with van der Waals surface area (Å²) >= 11 is 0. The number of aromatic nitrogens is 1. The Kier molecular flexibility index (Phi) is 9.68. The molecule has 3 rings (SSSR count). The van der Waals surface area contributed by atoms with Crippen LogP contribution in [-0.4, -0.2) is 102 Å². The average Bonchev–Trinajstić information content (AvgIpc) is 2.92. The minimum atomic E-state index is -0.428. The molecule has 2 heterocycles. The topological polar surface area (TPSA) is 115 Å². The van der Waals surface area contributed by atoms with E-state index >= 15 is 0 Å². The van der Waals surface area contributed by atoms with Gasteiger partial charge in [-0.25, -0.2) is 9.78 Å². The van der Waals surface area contributed by atoms with Crippen LogP contribution < -0.4 is 10.1 Å². The van der Waals surface area contributed by atoms with Gasteiger partial charge in [-0.05, 0) is 37.1 Å². The summed E-state index contributed by atoms with van der Waals surface area (Å²) in [7, 11) is 5.11. The lowest BCUT2D eigenvalue weighted by Gasteiger charge is -2.37. The molecule has 1 aliphatic rings. The molecule has 0 aliphatic carbocycles. The Balaban J connectivity index is 1.96. The Morgan fingerprint density at radius 3 is 2.50 bits per heavy atom. The molecule has 10 nitrogen and oxygen atoms in total. The zero-order chi connectivity index (χ0) is 28.0. The van der Waals surface area contributed by atoms with Crippen LogP contribution in [0, 0.1) is 5.92 Å². The van der Waals surface area contributed by atoms with Gasteiger partial charge in [0.15, 0.2) is 0 Å². The number of rotatable bonds is 8. The van der Waals surface area contributed by atoms with Crippen molar-refractivity contribution in [3.63, 3.8) is 0 Å². The van der Waals surface area contributed by atoms with Gasteiger partial charge in [-0.15, -0.1) is 0 Å². The van der Waals surface area contributed by atoms with Gasteiger partial charge in [-0.3, -0.25) is 9.59 Å². The smallest absolute Gasteiger partial charge is 0.317 e. The number of hydrogen-bond donors (Lipinski definition) is 2. The zero-order valence-corrected chi connectivity index (χ0v) is 23.1. The minimum absolute atomic E-state index is 0.0985. The third-order valence-electron chi connectivity index (χ3n) is 6.72. The molecule has 0 fully saturated rings. The molecule has 2 N–H and O–H groups in total. The summed E-state index contributed by atoms with van der Waals surface area (Å²) in [5.74, 6) is -0.328. The summed E-state index contributed by atoms with van der Waals surface area (Å²) in [6.45, 7) is 6.79. The van der Waals surface area contributed by atoms with Crippen LogP contribution in [0.25, 0.3) is 11.1 Å². The van der Waals surface area contributed by atoms with Crippen LogP contribution in [0.1, 0.15) is 47.9 Å². The Hall–Kier alpha value is -3.66. The molecule has 1 aromatic heterocycles. The van der Waals surface area contributed by atoms with Gasteiger partial charge in [0.25, 0.3) is 11.8 Å². The van der Waals surface area contributed by atoms with Crippen molar-refractivity contribution in [1.29, 1.82) is 0 Å². The average molecular weight is 526 g/mol. The number of pyridine rings is 1. The van der Waals surface area contributed by atoms with Crippen LogP contribution in [0.15, 0.2) is 36.5 Å². The van der Waals surface area contributed by atoms with Crippen LogP contribution in [0.3, 0.4) is 0 Å². The van der Waals surface area contributed by atoms with Crippen LogP contribution in [0.2, 0.25) is 0 Å². The lowest BCUT2D eigenvalue weighted by Crippen LogP contribution is -2.51. The van der Waals surface area contributed by atoms with Gasteiger partial charge in [0, 0.05) is 57.5 Å². The van der Waals surface area contributed by atoms with E-state index in [0.29, 0.717) is 30.8 Å². The second-order valence-electron chi connectivity index (χ2n) is 10.1. The Morgan fingerprint density at radius 2 is 1.89 bits per heavy atom. The number of nitrogens with one attached hydrogen (secondary N) is 1. The largest absolute Gasteiger partial charge is 0.472 e. The number of aliphatic hydroxyl groups is 1. The maximum absolute atomic E-state index is 13.7. The molecule has 206 valence electrons. The molecule has 3 atom stereocenters. The SMILES string of the molecule is CCCNC(=O)N(C)C[C@@H]1Oc2ncc(-c3ccc(C(=O)N(C)C)cc3)cc2C(=O)N([C@H](C)CO)C[C@@H]1C. The zero-order valence-electron chi connectivity index (χ0n) is 23.1. The third kappa shape index (κ3) is 6.61. The van der Waals surface area contributed by atoms with Crippen LogP contribution in [0.5, 0.6) is 5.88 Å². The van der Waals surface area contributed by atoms with Crippen molar-refractivity contribution in [3.05, 3.63) is 47.7 Å². The number of hydrogen-bond acceptors (Lipinski definition) is 6. The van der Waals surface area contributed by atoms with Gasteiger partial charge in [0.1, 0.15) is 11.7 Å². The summed E-state index contributed by atoms with van der Waals surface area (Å²) in [6, 6.07) is 8.24. The number of aliphatic hydroxyl groups excluding tert-OH is 1. The van der Waals surface area contributed by atoms with E-state index in [2.05, 4.69) is 10.3 Å². The maximum atomic E-state index is 13.7. The molecule has 0 unspecified atom stereocenters. The predicted octanol–water partition coefficient (Wildman–Crippen LogP) is 2.72. The minimum Gasteiger partial charge on any atom is -0.472 e. The van der Waals surface area contributed by atoms with E-state index in [4.69, 9.17) is 4.74 Å².